The van der Waals surface area contributed by atoms with Gasteiger partial charge in [0, 0.05) is 30.9 Å². The number of rotatable bonds is 7. The number of amides is 1. The highest BCUT2D eigenvalue weighted by Crippen LogP contribution is 2.09. The number of aryl methyl sites for hydroxylation is 1. The molecule has 1 heterocycles. The molecule has 0 aromatic carbocycles. The van der Waals surface area contributed by atoms with Crippen LogP contribution in [0.5, 0.6) is 0 Å². The predicted molar refractivity (Wildman–Crippen MR) is 67.6 cm³/mol. The Labute approximate surface area is 103 Å². The van der Waals surface area contributed by atoms with E-state index in [0.717, 1.165) is 25.1 Å². The smallest absolute Gasteiger partial charge is 0.233 e. The van der Waals surface area contributed by atoms with Crippen molar-refractivity contribution in [1.29, 1.82) is 0 Å². The van der Waals surface area contributed by atoms with E-state index >= 15 is 0 Å². The standard InChI is InChI=1S/C12H22N4O/c1-4-6-13-12(17)8-14-10(3)11-7-15-16(5-2)9-11/h7,9-10,14H,4-6,8H2,1-3H3,(H,13,17). The molecule has 0 bridgehead atoms. The van der Waals surface area contributed by atoms with E-state index in [1.54, 1.807) is 0 Å². The average Bonchev–Trinajstić information content (AvgIpc) is 2.82. The maximum absolute atomic E-state index is 11.4. The van der Waals surface area contributed by atoms with Gasteiger partial charge >= 0.3 is 0 Å². The largest absolute Gasteiger partial charge is 0.355 e. The van der Waals surface area contributed by atoms with Crippen LogP contribution in [-0.2, 0) is 11.3 Å². The van der Waals surface area contributed by atoms with Crippen molar-refractivity contribution in [3.8, 4) is 0 Å². The highest BCUT2D eigenvalue weighted by molar-refractivity contribution is 5.77. The van der Waals surface area contributed by atoms with E-state index in [4.69, 9.17) is 0 Å². The molecule has 0 aliphatic heterocycles. The van der Waals surface area contributed by atoms with E-state index in [0.29, 0.717) is 6.54 Å². The highest BCUT2D eigenvalue weighted by atomic mass is 16.1. The first-order chi connectivity index (χ1) is 8.17. The van der Waals surface area contributed by atoms with Gasteiger partial charge in [0.15, 0.2) is 0 Å². The maximum Gasteiger partial charge on any atom is 0.233 e. The molecular weight excluding hydrogens is 216 g/mol. The van der Waals surface area contributed by atoms with Crippen molar-refractivity contribution in [3.05, 3.63) is 18.0 Å². The minimum absolute atomic E-state index is 0.0431. The lowest BCUT2D eigenvalue weighted by Gasteiger charge is -2.11. The van der Waals surface area contributed by atoms with Gasteiger partial charge in [-0.15, -0.1) is 0 Å². The fraction of sp³-hybridized carbons (Fsp3) is 0.667. The van der Waals surface area contributed by atoms with E-state index in [2.05, 4.69) is 15.7 Å². The van der Waals surface area contributed by atoms with Crippen molar-refractivity contribution < 1.29 is 4.79 Å². The Morgan fingerprint density at radius 1 is 1.53 bits per heavy atom. The Balaban J connectivity index is 2.33. The van der Waals surface area contributed by atoms with E-state index < -0.39 is 0 Å². The quantitative estimate of drug-likeness (QED) is 0.747. The van der Waals surface area contributed by atoms with E-state index in [1.165, 1.54) is 0 Å². The van der Waals surface area contributed by atoms with Crippen LogP contribution in [0.4, 0.5) is 0 Å². The van der Waals surface area contributed by atoms with Crippen molar-refractivity contribution >= 4 is 5.91 Å². The van der Waals surface area contributed by atoms with E-state index in [9.17, 15) is 4.79 Å². The Morgan fingerprint density at radius 2 is 2.29 bits per heavy atom. The van der Waals surface area contributed by atoms with Crippen LogP contribution >= 0.6 is 0 Å². The minimum atomic E-state index is 0.0431. The third kappa shape index (κ3) is 4.56. The van der Waals surface area contributed by atoms with Gasteiger partial charge in [0.05, 0.1) is 12.7 Å². The Bertz CT molecular complexity index is 348. The molecule has 0 radical (unpaired) electrons. The zero-order chi connectivity index (χ0) is 12.7. The summed E-state index contributed by atoms with van der Waals surface area (Å²) in [5.74, 6) is 0.0431. The lowest BCUT2D eigenvalue weighted by Crippen LogP contribution is -2.35. The predicted octanol–water partition coefficient (Wildman–Crippen LogP) is 1.08. The van der Waals surface area contributed by atoms with Crippen LogP contribution in [0, 0.1) is 0 Å². The molecule has 0 aliphatic rings. The number of nitrogens with one attached hydrogen (secondary N) is 2. The third-order valence-electron chi connectivity index (χ3n) is 2.62. The van der Waals surface area contributed by atoms with Crippen LogP contribution in [0.25, 0.3) is 0 Å². The van der Waals surface area contributed by atoms with Gasteiger partial charge in [0.1, 0.15) is 0 Å². The minimum Gasteiger partial charge on any atom is -0.355 e. The SMILES string of the molecule is CCCNC(=O)CNC(C)c1cnn(CC)c1. The summed E-state index contributed by atoms with van der Waals surface area (Å²) < 4.78 is 1.88. The molecular formula is C12H22N4O. The molecule has 1 unspecified atom stereocenters. The van der Waals surface area contributed by atoms with Crippen molar-refractivity contribution in [2.24, 2.45) is 0 Å². The summed E-state index contributed by atoms with van der Waals surface area (Å²) in [6, 6.07) is 0.141. The number of aromatic nitrogens is 2. The maximum atomic E-state index is 11.4. The third-order valence-corrected chi connectivity index (χ3v) is 2.62. The molecule has 1 amide bonds. The monoisotopic (exact) mass is 238 g/mol. The summed E-state index contributed by atoms with van der Waals surface area (Å²) in [4.78, 5) is 11.4. The van der Waals surface area contributed by atoms with Crippen LogP contribution < -0.4 is 10.6 Å². The van der Waals surface area contributed by atoms with Crippen molar-refractivity contribution in [2.75, 3.05) is 13.1 Å². The van der Waals surface area contributed by atoms with Gasteiger partial charge in [0.25, 0.3) is 0 Å². The molecule has 0 saturated heterocycles. The molecule has 96 valence electrons. The lowest BCUT2D eigenvalue weighted by molar-refractivity contribution is -0.120. The van der Waals surface area contributed by atoms with Crippen LogP contribution in [0.1, 0.15) is 38.8 Å². The molecule has 0 spiro atoms. The number of carbonyl (C=O) groups is 1. The topological polar surface area (TPSA) is 59.0 Å². The van der Waals surface area contributed by atoms with Crippen molar-refractivity contribution in [2.45, 2.75) is 39.8 Å². The molecule has 1 aromatic rings. The number of hydrogen-bond acceptors (Lipinski definition) is 3. The molecule has 1 aromatic heterocycles. The van der Waals surface area contributed by atoms with Crippen molar-refractivity contribution in [1.82, 2.24) is 20.4 Å². The average molecular weight is 238 g/mol. The van der Waals surface area contributed by atoms with Gasteiger partial charge in [-0.3, -0.25) is 9.48 Å². The molecule has 17 heavy (non-hydrogen) atoms. The molecule has 5 nitrogen and oxygen atoms in total. The Morgan fingerprint density at radius 3 is 2.88 bits per heavy atom. The second-order valence-corrected chi connectivity index (χ2v) is 4.08. The first kappa shape index (κ1) is 13.7. The first-order valence-electron chi connectivity index (χ1n) is 6.19. The van der Waals surface area contributed by atoms with Gasteiger partial charge in [-0.1, -0.05) is 6.92 Å². The molecule has 0 fully saturated rings. The summed E-state index contributed by atoms with van der Waals surface area (Å²) in [7, 11) is 0. The zero-order valence-corrected chi connectivity index (χ0v) is 10.9. The lowest BCUT2D eigenvalue weighted by atomic mass is 10.2. The van der Waals surface area contributed by atoms with E-state index in [1.807, 2.05) is 37.8 Å². The molecule has 5 heteroatoms. The first-order valence-corrected chi connectivity index (χ1v) is 6.19. The van der Waals surface area contributed by atoms with Gasteiger partial charge in [-0.25, -0.2) is 0 Å². The fourth-order valence-corrected chi connectivity index (χ4v) is 1.47. The van der Waals surface area contributed by atoms with Gasteiger partial charge in [-0.2, -0.15) is 5.10 Å². The summed E-state index contributed by atoms with van der Waals surface area (Å²) >= 11 is 0. The summed E-state index contributed by atoms with van der Waals surface area (Å²) in [6.45, 7) is 8.07. The molecule has 2 N–H and O–H groups in total. The molecule has 1 atom stereocenters. The van der Waals surface area contributed by atoms with Gasteiger partial charge in [0.2, 0.25) is 5.91 Å². The fourth-order valence-electron chi connectivity index (χ4n) is 1.47. The van der Waals surface area contributed by atoms with Crippen LogP contribution in [-0.4, -0.2) is 28.8 Å². The molecule has 1 rings (SSSR count). The molecule has 0 aliphatic carbocycles. The Kier molecular flexibility index (Phi) is 5.69. The highest BCUT2D eigenvalue weighted by Gasteiger charge is 2.09. The van der Waals surface area contributed by atoms with Gasteiger partial charge < -0.3 is 10.6 Å². The number of carbonyl (C=O) groups excluding carboxylic acids is 1. The summed E-state index contributed by atoms with van der Waals surface area (Å²) in [5, 5.41) is 10.2. The molecule has 0 saturated carbocycles. The second kappa shape index (κ2) is 7.06. The number of nitrogens with zero attached hydrogens (tertiary/aromatic N) is 2. The van der Waals surface area contributed by atoms with E-state index in [-0.39, 0.29) is 11.9 Å². The van der Waals surface area contributed by atoms with Crippen LogP contribution in [0.2, 0.25) is 0 Å². The summed E-state index contributed by atoms with van der Waals surface area (Å²) in [5.41, 5.74) is 1.11. The van der Waals surface area contributed by atoms with Crippen molar-refractivity contribution in [3.63, 3.8) is 0 Å². The zero-order valence-electron chi connectivity index (χ0n) is 10.9. The van der Waals surface area contributed by atoms with Gasteiger partial charge in [-0.05, 0) is 20.3 Å². The van der Waals surface area contributed by atoms with Crippen LogP contribution in [0.3, 0.4) is 0 Å². The number of hydrogen-bond donors (Lipinski definition) is 2. The Hall–Kier alpha value is -1.36. The normalized spacial score (nSPS) is 12.4. The second-order valence-electron chi connectivity index (χ2n) is 4.08. The summed E-state index contributed by atoms with van der Waals surface area (Å²) in [6.07, 6.45) is 4.80. The van der Waals surface area contributed by atoms with Crippen LogP contribution in [0.15, 0.2) is 12.4 Å².